The van der Waals surface area contributed by atoms with Crippen LogP contribution >= 0.6 is 0 Å². The summed E-state index contributed by atoms with van der Waals surface area (Å²) in [5.74, 6) is -1.97. The number of fused-ring (bicyclic) bond motifs is 1. The highest BCUT2D eigenvalue weighted by molar-refractivity contribution is 5.64. The number of carbonyl (C=O) groups is 1. The number of ether oxygens (including phenoxy) is 2. The molecule has 1 aliphatic rings. The van der Waals surface area contributed by atoms with Crippen LogP contribution in [0.4, 0.5) is 13.6 Å². The van der Waals surface area contributed by atoms with Crippen molar-refractivity contribution in [3.63, 3.8) is 0 Å². The summed E-state index contributed by atoms with van der Waals surface area (Å²) in [5, 5.41) is 0. The lowest BCUT2D eigenvalue weighted by molar-refractivity contribution is 0.0197. The maximum atomic E-state index is 14.6. The first-order valence-corrected chi connectivity index (χ1v) is 10.4. The molecule has 0 unspecified atom stereocenters. The van der Waals surface area contributed by atoms with Crippen LogP contribution in [-0.2, 0) is 23.0 Å². The van der Waals surface area contributed by atoms with Crippen molar-refractivity contribution in [1.82, 2.24) is 0 Å². The summed E-state index contributed by atoms with van der Waals surface area (Å²) in [6.45, 7) is 11.6. The van der Waals surface area contributed by atoms with E-state index in [0.717, 1.165) is 18.9 Å². The largest absolute Gasteiger partial charge is 0.514 e. The van der Waals surface area contributed by atoms with E-state index in [1.54, 1.807) is 20.8 Å². The number of benzene rings is 2. The van der Waals surface area contributed by atoms with Gasteiger partial charge in [0.15, 0.2) is 11.6 Å². The molecule has 2 aromatic carbocycles. The molecule has 0 N–H and O–H groups in total. The van der Waals surface area contributed by atoms with E-state index in [2.05, 4.69) is 39.0 Å². The third-order valence-electron chi connectivity index (χ3n) is 5.37. The van der Waals surface area contributed by atoms with E-state index in [0.29, 0.717) is 12.0 Å². The summed E-state index contributed by atoms with van der Waals surface area (Å²) in [7, 11) is 0. The first kappa shape index (κ1) is 22.3. The minimum Gasteiger partial charge on any atom is -0.428 e. The van der Waals surface area contributed by atoms with Gasteiger partial charge < -0.3 is 9.47 Å². The molecule has 5 heteroatoms. The fourth-order valence-corrected chi connectivity index (χ4v) is 3.78. The van der Waals surface area contributed by atoms with Gasteiger partial charge >= 0.3 is 6.16 Å². The van der Waals surface area contributed by atoms with Crippen molar-refractivity contribution in [2.75, 3.05) is 0 Å². The van der Waals surface area contributed by atoms with Crippen LogP contribution < -0.4 is 4.74 Å². The molecule has 30 heavy (non-hydrogen) atoms. The van der Waals surface area contributed by atoms with Gasteiger partial charge in [-0.2, -0.15) is 0 Å². The van der Waals surface area contributed by atoms with Crippen molar-refractivity contribution < 1.29 is 23.0 Å². The average Bonchev–Trinajstić information content (AvgIpc) is 2.61. The zero-order chi connectivity index (χ0) is 22.3. The summed E-state index contributed by atoms with van der Waals surface area (Å²) in [4.78, 5) is 11.9. The first-order valence-electron chi connectivity index (χ1n) is 10.4. The molecular weight excluding hydrogens is 386 g/mol. The van der Waals surface area contributed by atoms with E-state index in [9.17, 15) is 13.6 Å². The van der Waals surface area contributed by atoms with E-state index in [4.69, 9.17) is 9.47 Å². The summed E-state index contributed by atoms with van der Waals surface area (Å²) >= 11 is 0. The zero-order valence-electron chi connectivity index (χ0n) is 18.6. The molecule has 3 rings (SSSR count). The Morgan fingerprint density at radius 3 is 2.30 bits per heavy atom. The Hall–Kier alpha value is -2.43. The van der Waals surface area contributed by atoms with Crippen LogP contribution in [-0.4, -0.2) is 11.8 Å². The number of halogens is 2. The predicted octanol–water partition coefficient (Wildman–Crippen LogP) is 6.85. The normalized spacial score (nSPS) is 16.7. The van der Waals surface area contributed by atoms with Crippen molar-refractivity contribution >= 4 is 6.16 Å². The lowest BCUT2D eigenvalue weighted by Gasteiger charge is -2.28. The SMILES string of the molecule is CC(C)(C)OC(=O)Oc1cc([C@@H]2CCc3cc(C(C)(C)C)ccc3C2)c(F)cc1F. The molecule has 0 fully saturated rings. The lowest BCUT2D eigenvalue weighted by Crippen LogP contribution is -2.26. The first-order chi connectivity index (χ1) is 13.8. The van der Waals surface area contributed by atoms with Crippen LogP contribution in [0.5, 0.6) is 5.75 Å². The molecule has 0 bridgehead atoms. The highest BCUT2D eigenvalue weighted by Gasteiger charge is 2.27. The van der Waals surface area contributed by atoms with Crippen molar-refractivity contribution in [2.45, 2.75) is 77.7 Å². The fraction of sp³-hybridized carbons (Fsp3) is 0.480. The van der Waals surface area contributed by atoms with E-state index < -0.39 is 23.4 Å². The topological polar surface area (TPSA) is 35.5 Å². The number of hydrogen-bond acceptors (Lipinski definition) is 3. The second-order valence-corrected chi connectivity index (χ2v) is 10.0. The van der Waals surface area contributed by atoms with Crippen LogP contribution in [0.25, 0.3) is 0 Å². The van der Waals surface area contributed by atoms with Crippen LogP contribution in [0, 0.1) is 11.6 Å². The van der Waals surface area contributed by atoms with Crippen LogP contribution in [0.2, 0.25) is 0 Å². The van der Waals surface area contributed by atoms with Crippen LogP contribution in [0.1, 0.15) is 76.1 Å². The lowest BCUT2D eigenvalue weighted by atomic mass is 9.77. The molecule has 2 aromatic rings. The van der Waals surface area contributed by atoms with Gasteiger partial charge in [0, 0.05) is 6.07 Å². The number of carbonyl (C=O) groups excluding carboxylic acids is 1. The molecule has 0 amide bonds. The zero-order valence-corrected chi connectivity index (χ0v) is 18.6. The Labute approximate surface area is 177 Å². The smallest absolute Gasteiger partial charge is 0.428 e. The number of hydrogen-bond donors (Lipinski definition) is 0. The Balaban J connectivity index is 1.84. The Morgan fingerprint density at radius 2 is 1.67 bits per heavy atom. The van der Waals surface area contributed by atoms with Crippen molar-refractivity contribution in [3.05, 3.63) is 64.2 Å². The maximum absolute atomic E-state index is 14.6. The van der Waals surface area contributed by atoms with Gasteiger partial charge in [0.2, 0.25) is 0 Å². The number of rotatable bonds is 2. The van der Waals surface area contributed by atoms with Crippen molar-refractivity contribution in [3.8, 4) is 5.75 Å². The minimum atomic E-state index is -1.01. The summed E-state index contributed by atoms with van der Waals surface area (Å²) in [5.41, 5.74) is 3.41. The van der Waals surface area contributed by atoms with Gasteiger partial charge in [-0.05, 0) is 79.7 Å². The standard InChI is InChI=1S/C25H30F2O3/c1-24(2,3)18-10-9-15-11-17(8-7-16(15)12-18)19-13-22(21(27)14-20(19)26)29-23(28)30-25(4,5)6/h9-10,12-14,17H,7-8,11H2,1-6H3/t17-/m1/s1. The van der Waals surface area contributed by atoms with Crippen LogP contribution in [0.15, 0.2) is 30.3 Å². The molecule has 0 spiro atoms. The molecule has 0 aliphatic heterocycles. The van der Waals surface area contributed by atoms with Gasteiger partial charge in [-0.3, -0.25) is 0 Å². The van der Waals surface area contributed by atoms with Gasteiger partial charge in [-0.15, -0.1) is 0 Å². The molecular formula is C25H30F2O3. The number of aryl methyl sites for hydroxylation is 1. The second-order valence-electron chi connectivity index (χ2n) is 10.0. The van der Waals surface area contributed by atoms with E-state index in [1.165, 1.54) is 22.8 Å². The molecule has 1 aliphatic carbocycles. The second kappa shape index (κ2) is 8.01. The fourth-order valence-electron chi connectivity index (χ4n) is 3.78. The molecule has 0 saturated carbocycles. The van der Waals surface area contributed by atoms with E-state index >= 15 is 0 Å². The highest BCUT2D eigenvalue weighted by atomic mass is 19.1. The molecule has 1 atom stereocenters. The van der Waals surface area contributed by atoms with Gasteiger partial charge in [0.1, 0.15) is 11.4 Å². The van der Waals surface area contributed by atoms with E-state index in [-0.39, 0.29) is 17.1 Å². The quantitative estimate of drug-likeness (QED) is 0.397. The average molecular weight is 417 g/mol. The summed E-state index contributed by atoms with van der Waals surface area (Å²) in [6, 6.07) is 8.56. The Kier molecular flexibility index (Phi) is 5.94. The van der Waals surface area contributed by atoms with Crippen LogP contribution in [0.3, 0.4) is 0 Å². The monoisotopic (exact) mass is 416 g/mol. The van der Waals surface area contributed by atoms with Gasteiger partial charge in [-0.1, -0.05) is 39.0 Å². The molecule has 0 saturated heterocycles. The third-order valence-corrected chi connectivity index (χ3v) is 5.37. The predicted molar refractivity (Wildman–Crippen MR) is 113 cm³/mol. The van der Waals surface area contributed by atoms with Gasteiger partial charge in [0.25, 0.3) is 0 Å². The van der Waals surface area contributed by atoms with Gasteiger partial charge in [0.05, 0.1) is 0 Å². The molecule has 3 nitrogen and oxygen atoms in total. The molecule has 0 heterocycles. The summed E-state index contributed by atoms with van der Waals surface area (Å²) in [6.07, 6.45) is 1.22. The highest BCUT2D eigenvalue weighted by Crippen LogP contribution is 2.37. The van der Waals surface area contributed by atoms with Gasteiger partial charge in [-0.25, -0.2) is 13.6 Å². The van der Waals surface area contributed by atoms with E-state index in [1.807, 2.05) is 0 Å². The third kappa shape index (κ3) is 5.18. The minimum absolute atomic E-state index is 0.0723. The van der Waals surface area contributed by atoms with Crippen molar-refractivity contribution in [2.24, 2.45) is 0 Å². The van der Waals surface area contributed by atoms with Crippen molar-refractivity contribution in [1.29, 1.82) is 0 Å². The molecule has 162 valence electrons. The summed E-state index contributed by atoms with van der Waals surface area (Å²) < 4.78 is 38.9. The molecule has 0 radical (unpaired) electrons. The Morgan fingerprint density at radius 1 is 0.967 bits per heavy atom. The molecule has 0 aromatic heterocycles. The maximum Gasteiger partial charge on any atom is 0.514 e. The Bertz CT molecular complexity index is 952.